The summed E-state index contributed by atoms with van der Waals surface area (Å²) in [5.74, 6) is 0.758. The summed E-state index contributed by atoms with van der Waals surface area (Å²) in [4.78, 5) is 28.0. The van der Waals surface area contributed by atoms with E-state index in [0.717, 1.165) is 28.1 Å². The minimum Gasteiger partial charge on any atom is -0.497 e. The van der Waals surface area contributed by atoms with Gasteiger partial charge in [0, 0.05) is 31.9 Å². The lowest BCUT2D eigenvalue weighted by Crippen LogP contribution is -2.51. The molecule has 0 radical (unpaired) electrons. The summed E-state index contributed by atoms with van der Waals surface area (Å²) < 4.78 is 10.8. The topological polar surface area (TPSA) is 67.9 Å². The molecule has 4 rings (SSSR count). The lowest BCUT2D eigenvalue weighted by Gasteiger charge is -2.37. The molecule has 0 unspecified atom stereocenters. The fraction of sp³-hybridized carbons (Fsp3) is 0.440. The highest BCUT2D eigenvalue weighted by molar-refractivity contribution is 5.97. The van der Waals surface area contributed by atoms with Gasteiger partial charge in [-0.15, -0.1) is 0 Å². The van der Waals surface area contributed by atoms with Crippen LogP contribution in [0.2, 0.25) is 0 Å². The number of hydrogen-bond acceptors (Lipinski definition) is 4. The minimum absolute atomic E-state index is 0.00446. The highest BCUT2D eigenvalue weighted by Crippen LogP contribution is 2.37. The lowest BCUT2D eigenvalue weighted by atomic mass is 9.72. The molecular weight excluding hydrogens is 392 g/mol. The van der Waals surface area contributed by atoms with Crippen molar-refractivity contribution in [2.75, 3.05) is 31.8 Å². The largest absolute Gasteiger partial charge is 0.497 e. The number of ether oxygens (including phenoxy) is 2. The summed E-state index contributed by atoms with van der Waals surface area (Å²) in [6.07, 6.45) is 1.59. The molecule has 2 aromatic carbocycles. The molecule has 6 nitrogen and oxygen atoms in total. The van der Waals surface area contributed by atoms with Gasteiger partial charge in [0.1, 0.15) is 5.75 Å². The van der Waals surface area contributed by atoms with Crippen LogP contribution in [0.4, 0.5) is 5.69 Å². The molecule has 2 fully saturated rings. The summed E-state index contributed by atoms with van der Waals surface area (Å²) >= 11 is 0. The van der Waals surface area contributed by atoms with Gasteiger partial charge < -0.3 is 19.7 Å². The summed E-state index contributed by atoms with van der Waals surface area (Å²) in [6, 6.07) is 13.6. The smallest absolute Gasteiger partial charge is 0.231 e. The lowest BCUT2D eigenvalue weighted by molar-refractivity contribution is -0.131. The average molecular weight is 423 g/mol. The number of nitrogens with one attached hydrogen (secondary N) is 1. The van der Waals surface area contributed by atoms with E-state index in [0.29, 0.717) is 39.0 Å². The van der Waals surface area contributed by atoms with Crippen molar-refractivity contribution in [3.05, 3.63) is 59.2 Å². The Morgan fingerprint density at radius 3 is 2.35 bits per heavy atom. The van der Waals surface area contributed by atoms with Gasteiger partial charge in [-0.05, 0) is 56.5 Å². The molecule has 2 aromatic rings. The molecule has 0 saturated carbocycles. The second kappa shape index (κ2) is 8.71. The van der Waals surface area contributed by atoms with Crippen LogP contribution in [0.3, 0.4) is 0 Å². The SMILES string of the molecule is COc1ccc(N2C[C@@H](NC(=O)C3(c4cc(C)cc(C)c4)CCOCC3)CC2=O)cc1. The number of carbonyl (C=O) groups is 2. The standard InChI is InChI=1S/C25H30N2O4/c1-17-12-18(2)14-19(13-17)25(8-10-31-11-9-25)24(29)26-20-15-23(28)27(16-20)21-4-6-22(30-3)7-5-21/h4-7,12-14,20H,8-11,15-16H2,1-3H3,(H,26,29)/t20-/m0/s1. The van der Waals surface area contributed by atoms with Gasteiger partial charge in [-0.1, -0.05) is 29.3 Å². The maximum atomic E-state index is 13.6. The molecular formula is C25H30N2O4. The number of rotatable bonds is 5. The predicted molar refractivity (Wildman–Crippen MR) is 120 cm³/mol. The molecule has 2 aliphatic rings. The van der Waals surface area contributed by atoms with Crippen molar-refractivity contribution >= 4 is 17.5 Å². The molecule has 1 atom stereocenters. The van der Waals surface area contributed by atoms with Gasteiger partial charge in [0.2, 0.25) is 11.8 Å². The van der Waals surface area contributed by atoms with Crippen LogP contribution in [0.1, 0.15) is 36.0 Å². The van der Waals surface area contributed by atoms with Crippen molar-refractivity contribution in [3.63, 3.8) is 0 Å². The molecule has 0 spiro atoms. The third kappa shape index (κ3) is 4.30. The maximum Gasteiger partial charge on any atom is 0.231 e. The molecule has 164 valence electrons. The second-order valence-corrected chi connectivity index (χ2v) is 8.65. The second-order valence-electron chi connectivity index (χ2n) is 8.65. The zero-order valence-electron chi connectivity index (χ0n) is 18.4. The van der Waals surface area contributed by atoms with Crippen molar-refractivity contribution in [1.82, 2.24) is 5.32 Å². The highest BCUT2D eigenvalue weighted by Gasteiger charge is 2.44. The maximum absolute atomic E-state index is 13.6. The number of amides is 2. The van der Waals surface area contributed by atoms with E-state index in [-0.39, 0.29) is 17.9 Å². The van der Waals surface area contributed by atoms with E-state index in [1.807, 2.05) is 24.3 Å². The minimum atomic E-state index is -0.619. The fourth-order valence-electron chi connectivity index (χ4n) is 4.76. The van der Waals surface area contributed by atoms with Crippen molar-refractivity contribution in [3.8, 4) is 5.75 Å². The first-order chi connectivity index (χ1) is 14.9. The van der Waals surface area contributed by atoms with E-state index >= 15 is 0 Å². The fourth-order valence-corrected chi connectivity index (χ4v) is 4.76. The monoisotopic (exact) mass is 422 g/mol. The molecule has 2 amide bonds. The summed E-state index contributed by atoms with van der Waals surface area (Å²) in [7, 11) is 1.61. The van der Waals surface area contributed by atoms with E-state index in [2.05, 4.69) is 37.4 Å². The molecule has 2 aliphatic heterocycles. The van der Waals surface area contributed by atoms with Crippen LogP contribution in [0.15, 0.2) is 42.5 Å². The average Bonchev–Trinajstić information content (AvgIpc) is 3.13. The first kappa shape index (κ1) is 21.4. The zero-order chi connectivity index (χ0) is 22.0. The van der Waals surface area contributed by atoms with Crippen molar-refractivity contribution in [2.45, 2.75) is 44.6 Å². The van der Waals surface area contributed by atoms with Gasteiger partial charge in [-0.3, -0.25) is 9.59 Å². The molecule has 1 N–H and O–H groups in total. The van der Waals surface area contributed by atoms with E-state index < -0.39 is 5.41 Å². The van der Waals surface area contributed by atoms with Gasteiger partial charge in [0.25, 0.3) is 0 Å². The third-order valence-corrected chi connectivity index (χ3v) is 6.40. The summed E-state index contributed by atoms with van der Waals surface area (Å²) in [5.41, 5.74) is 3.54. The van der Waals surface area contributed by atoms with Crippen LogP contribution in [0, 0.1) is 13.8 Å². The van der Waals surface area contributed by atoms with E-state index in [1.165, 1.54) is 0 Å². The molecule has 0 aliphatic carbocycles. The first-order valence-electron chi connectivity index (χ1n) is 10.8. The Morgan fingerprint density at radius 2 is 1.74 bits per heavy atom. The van der Waals surface area contributed by atoms with Gasteiger partial charge in [0.05, 0.1) is 18.6 Å². The zero-order valence-corrected chi connectivity index (χ0v) is 18.4. The van der Waals surface area contributed by atoms with E-state index in [4.69, 9.17) is 9.47 Å². The normalized spacial score (nSPS) is 20.5. The van der Waals surface area contributed by atoms with Gasteiger partial charge in [-0.2, -0.15) is 0 Å². The molecule has 0 bridgehead atoms. The van der Waals surface area contributed by atoms with Crippen LogP contribution in [0.5, 0.6) is 5.75 Å². The molecule has 31 heavy (non-hydrogen) atoms. The quantitative estimate of drug-likeness (QED) is 0.803. The van der Waals surface area contributed by atoms with Gasteiger partial charge in [0.15, 0.2) is 0 Å². The van der Waals surface area contributed by atoms with Crippen LogP contribution in [0.25, 0.3) is 0 Å². The number of anilines is 1. The van der Waals surface area contributed by atoms with Crippen molar-refractivity contribution < 1.29 is 19.1 Å². The molecule has 2 saturated heterocycles. The summed E-state index contributed by atoms with van der Waals surface area (Å²) in [5, 5.41) is 3.20. The van der Waals surface area contributed by atoms with Crippen LogP contribution in [-0.4, -0.2) is 44.7 Å². The highest BCUT2D eigenvalue weighted by atomic mass is 16.5. The van der Waals surface area contributed by atoms with Gasteiger partial charge in [-0.25, -0.2) is 0 Å². The number of hydrogen-bond donors (Lipinski definition) is 1. The Morgan fingerprint density at radius 1 is 1.10 bits per heavy atom. The number of aryl methyl sites for hydroxylation is 2. The number of carbonyl (C=O) groups excluding carboxylic acids is 2. The Balaban J connectivity index is 1.53. The number of methoxy groups -OCH3 is 1. The van der Waals surface area contributed by atoms with Crippen molar-refractivity contribution in [1.29, 1.82) is 0 Å². The van der Waals surface area contributed by atoms with Crippen LogP contribution in [-0.2, 0) is 19.7 Å². The molecule has 0 aromatic heterocycles. The Hall–Kier alpha value is -2.86. The third-order valence-electron chi connectivity index (χ3n) is 6.40. The Kier molecular flexibility index (Phi) is 6.01. The summed E-state index contributed by atoms with van der Waals surface area (Å²) in [6.45, 7) is 5.70. The van der Waals surface area contributed by atoms with Crippen LogP contribution >= 0.6 is 0 Å². The van der Waals surface area contributed by atoms with E-state index in [9.17, 15) is 9.59 Å². The Bertz CT molecular complexity index is 944. The molecule has 6 heteroatoms. The van der Waals surface area contributed by atoms with Crippen LogP contribution < -0.4 is 15.0 Å². The number of benzene rings is 2. The van der Waals surface area contributed by atoms with Gasteiger partial charge >= 0.3 is 0 Å². The van der Waals surface area contributed by atoms with E-state index in [1.54, 1.807) is 12.0 Å². The Labute approximate surface area is 183 Å². The number of nitrogens with zero attached hydrogens (tertiary/aromatic N) is 1. The predicted octanol–water partition coefficient (Wildman–Crippen LogP) is 3.28. The first-order valence-corrected chi connectivity index (χ1v) is 10.8. The van der Waals surface area contributed by atoms with Crippen molar-refractivity contribution in [2.24, 2.45) is 0 Å². The molecule has 2 heterocycles.